The Hall–Kier alpha value is -0.820. The van der Waals surface area contributed by atoms with Crippen molar-refractivity contribution in [1.82, 2.24) is 5.32 Å². The molecular formula is C10H13NOS. The van der Waals surface area contributed by atoms with Gasteiger partial charge in [-0.1, -0.05) is 11.8 Å². The zero-order valence-electron chi connectivity index (χ0n) is 7.89. The van der Waals surface area contributed by atoms with E-state index in [0.717, 1.165) is 12.1 Å². The highest BCUT2D eigenvalue weighted by Gasteiger charge is 1.95. The van der Waals surface area contributed by atoms with Crippen molar-refractivity contribution in [3.05, 3.63) is 21.9 Å². The minimum atomic E-state index is 0.679. The maximum Gasteiger partial charge on any atom is 0.0806 e. The summed E-state index contributed by atoms with van der Waals surface area (Å²) in [5.74, 6) is 6.08. The van der Waals surface area contributed by atoms with Crippen molar-refractivity contribution in [2.75, 3.05) is 20.7 Å². The van der Waals surface area contributed by atoms with Crippen LogP contribution in [0.3, 0.4) is 0 Å². The van der Waals surface area contributed by atoms with E-state index in [-0.39, 0.29) is 0 Å². The fourth-order valence-corrected chi connectivity index (χ4v) is 1.68. The van der Waals surface area contributed by atoms with Crippen molar-refractivity contribution in [3.63, 3.8) is 0 Å². The second-order valence-corrected chi connectivity index (χ2v) is 3.56. The minimum absolute atomic E-state index is 0.679. The second kappa shape index (κ2) is 5.76. The molecule has 1 aromatic heterocycles. The van der Waals surface area contributed by atoms with Gasteiger partial charge in [-0.25, -0.2) is 0 Å². The molecule has 1 heterocycles. The van der Waals surface area contributed by atoms with E-state index < -0.39 is 0 Å². The lowest BCUT2D eigenvalue weighted by molar-refractivity contribution is 0.187. The fourth-order valence-electron chi connectivity index (χ4n) is 0.899. The number of thiophene rings is 1. The summed E-state index contributed by atoms with van der Waals surface area (Å²) in [6, 6.07) is 2.07. The Balaban J connectivity index is 2.54. The van der Waals surface area contributed by atoms with Gasteiger partial charge in [0.25, 0.3) is 0 Å². The van der Waals surface area contributed by atoms with Crippen molar-refractivity contribution >= 4 is 11.3 Å². The molecule has 2 nitrogen and oxygen atoms in total. The molecule has 0 unspecified atom stereocenters. The number of hydrogen-bond donors (Lipinski definition) is 1. The topological polar surface area (TPSA) is 21.3 Å². The van der Waals surface area contributed by atoms with Crippen LogP contribution in [0.15, 0.2) is 11.4 Å². The summed E-state index contributed by atoms with van der Waals surface area (Å²) in [4.78, 5) is 1.22. The second-order valence-electron chi connectivity index (χ2n) is 2.57. The zero-order valence-corrected chi connectivity index (χ0v) is 8.70. The average molecular weight is 195 g/mol. The number of rotatable bonds is 3. The van der Waals surface area contributed by atoms with Crippen LogP contribution in [0, 0.1) is 11.8 Å². The SMILES string of the molecule is CNCC#Cc1csc(COC)c1. The van der Waals surface area contributed by atoms with Gasteiger partial charge in [-0.2, -0.15) is 0 Å². The highest BCUT2D eigenvalue weighted by Crippen LogP contribution is 2.14. The van der Waals surface area contributed by atoms with E-state index >= 15 is 0 Å². The molecule has 0 atom stereocenters. The molecule has 0 aliphatic rings. The number of ether oxygens (including phenoxy) is 1. The van der Waals surface area contributed by atoms with E-state index in [1.165, 1.54) is 4.88 Å². The molecule has 3 heteroatoms. The van der Waals surface area contributed by atoms with Crippen molar-refractivity contribution in [2.45, 2.75) is 6.61 Å². The first-order valence-corrected chi connectivity index (χ1v) is 4.94. The van der Waals surface area contributed by atoms with Crippen LogP contribution < -0.4 is 5.32 Å². The molecule has 0 saturated heterocycles. The van der Waals surface area contributed by atoms with Gasteiger partial charge in [-0.05, 0) is 13.1 Å². The van der Waals surface area contributed by atoms with Gasteiger partial charge in [-0.3, -0.25) is 0 Å². The maximum absolute atomic E-state index is 5.02. The van der Waals surface area contributed by atoms with Crippen LogP contribution in [0.25, 0.3) is 0 Å². The van der Waals surface area contributed by atoms with Crippen LogP contribution in [0.4, 0.5) is 0 Å². The lowest BCUT2D eigenvalue weighted by Crippen LogP contribution is -2.04. The molecule has 0 radical (unpaired) electrons. The van der Waals surface area contributed by atoms with E-state index in [1.54, 1.807) is 18.4 Å². The molecule has 1 aromatic rings. The monoisotopic (exact) mass is 195 g/mol. The Morgan fingerprint density at radius 2 is 2.46 bits per heavy atom. The summed E-state index contributed by atoms with van der Waals surface area (Å²) in [5.41, 5.74) is 1.08. The molecule has 1 rings (SSSR count). The van der Waals surface area contributed by atoms with Gasteiger partial charge in [0.2, 0.25) is 0 Å². The Bertz CT molecular complexity index is 308. The third kappa shape index (κ3) is 3.60. The van der Waals surface area contributed by atoms with Crippen LogP contribution in [-0.2, 0) is 11.3 Å². The van der Waals surface area contributed by atoms with Gasteiger partial charge in [0.15, 0.2) is 0 Å². The molecule has 70 valence electrons. The molecule has 0 saturated carbocycles. The molecule has 0 spiro atoms. The largest absolute Gasteiger partial charge is 0.379 e. The predicted molar refractivity (Wildman–Crippen MR) is 55.8 cm³/mol. The average Bonchev–Trinajstić information content (AvgIpc) is 2.54. The van der Waals surface area contributed by atoms with Gasteiger partial charge in [-0.15, -0.1) is 11.3 Å². The summed E-state index contributed by atoms with van der Waals surface area (Å²) in [6.45, 7) is 1.41. The quantitative estimate of drug-likeness (QED) is 0.737. The normalized spacial score (nSPS) is 9.38. The van der Waals surface area contributed by atoms with E-state index in [2.05, 4.69) is 28.6 Å². The molecule has 1 N–H and O–H groups in total. The predicted octanol–water partition coefficient (Wildman–Crippen LogP) is 1.47. The van der Waals surface area contributed by atoms with Crippen LogP contribution in [-0.4, -0.2) is 20.7 Å². The Kier molecular flexibility index (Phi) is 4.55. The summed E-state index contributed by atoms with van der Waals surface area (Å²) < 4.78 is 5.02. The van der Waals surface area contributed by atoms with E-state index in [4.69, 9.17) is 4.74 Å². The lowest BCUT2D eigenvalue weighted by Gasteiger charge is -1.89. The van der Waals surface area contributed by atoms with Crippen molar-refractivity contribution in [2.24, 2.45) is 0 Å². The summed E-state index contributed by atoms with van der Waals surface area (Å²) in [5, 5.41) is 5.03. The van der Waals surface area contributed by atoms with Crippen molar-refractivity contribution in [3.8, 4) is 11.8 Å². The van der Waals surface area contributed by atoms with E-state index in [9.17, 15) is 0 Å². The minimum Gasteiger partial charge on any atom is -0.379 e. The van der Waals surface area contributed by atoms with Crippen LogP contribution in [0.2, 0.25) is 0 Å². The number of hydrogen-bond acceptors (Lipinski definition) is 3. The van der Waals surface area contributed by atoms with E-state index in [0.29, 0.717) is 6.61 Å². The van der Waals surface area contributed by atoms with Crippen molar-refractivity contribution < 1.29 is 4.74 Å². The molecule has 0 amide bonds. The number of nitrogens with one attached hydrogen (secondary N) is 1. The Morgan fingerprint density at radius 3 is 3.15 bits per heavy atom. The molecule has 0 fully saturated rings. The number of methoxy groups -OCH3 is 1. The lowest BCUT2D eigenvalue weighted by atomic mass is 10.3. The molecule has 0 bridgehead atoms. The Morgan fingerprint density at radius 1 is 1.62 bits per heavy atom. The fraction of sp³-hybridized carbons (Fsp3) is 0.400. The molecular weight excluding hydrogens is 182 g/mol. The van der Waals surface area contributed by atoms with Gasteiger partial charge < -0.3 is 10.1 Å². The Labute approximate surface area is 82.9 Å². The zero-order chi connectivity index (χ0) is 9.52. The first-order valence-electron chi connectivity index (χ1n) is 4.06. The van der Waals surface area contributed by atoms with Crippen LogP contribution >= 0.6 is 11.3 Å². The highest BCUT2D eigenvalue weighted by atomic mass is 32.1. The first-order chi connectivity index (χ1) is 6.36. The van der Waals surface area contributed by atoms with Crippen LogP contribution in [0.5, 0.6) is 0 Å². The molecule has 0 aromatic carbocycles. The highest BCUT2D eigenvalue weighted by molar-refractivity contribution is 7.10. The third-order valence-electron chi connectivity index (χ3n) is 1.44. The summed E-state index contributed by atoms with van der Waals surface area (Å²) in [7, 11) is 3.59. The summed E-state index contributed by atoms with van der Waals surface area (Å²) in [6.07, 6.45) is 0. The van der Waals surface area contributed by atoms with Gasteiger partial charge in [0, 0.05) is 22.9 Å². The molecule has 0 aliphatic carbocycles. The van der Waals surface area contributed by atoms with Gasteiger partial charge in [0.1, 0.15) is 0 Å². The first kappa shape index (κ1) is 10.3. The third-order valence-corrected chi connectivity index (χ3v) is 2.35. The molecule has 13 heavy (non-hydrogen) atoms. The van der Waals surface area contributed by atoms with Crippen molar-refractivity contribution in [1.29, 1.82) is 0 Å². The maximum atomic E-state index is 5.02. The van der Waals surface area contributed by atoms with E-state index in [1.807, 2.05) is 7.05 Å². The standard InChI is InChI=1S/C10H13NOS/c1-11-5-3-4-9-6-10(7-12-2)13-8-9/h6,8,11H,5,7H2,1-2H3. The summed E-state index contributed by atoms with van der Waals surface area (Å²) >= 11 is 1.68. The molecule has 0 aliphatic heterocycles. The van der Waals surface area contributed by atoms with Crippen LogP contribution in [0.1, 0.15) is 10.4 Å². The van der Waals surface area contributed by atoms with Gasteiger partial charge >= 0.3 is 0 Å². The smallest absolute Gasteiger partial charge is 0.0806 e. The van der Waals surface area contributed by atoms with Gasteiger partial charge in [0.05, 0.1) is 13.2 Å².